The summed E-state index contributed by atoms with van der Waals surface area (Å²) in [7, 11) is -2.11. The molecule has 1 fully saturated rings. The first-order valence-electron chi connectivity index (χ1n) is 11.2. The Balaban J connectivity index is 1.34. The van der Waals surface area contributed by atoms with E-state index in [-0.39, 0.29) is 41.6 Å². The molecule has 3 rings (SSSR count). The number of rotatable bonds is 10. The van der Waals surface area contributed by atoms with Crippen LogP contribution >= 0.6 is 0 Å². The standard InChI is InChI=1S/C24H30FN3O5S/c1-33-21-10-4-17(5-11-21)14-26-23(29)16-27-24(30)19-6-2-18(3-7-19)15-28-34(31,32)22-12-8-20(25)9-13-22/h4-5,8-13,18-19,28H,2-3,6-7,14-16H2,1H3,(H,26,29)(H,27,30). The Kier molecular flexibility index (Phi) is 9.00. The first-order chi connectivity index (χ1) is 16.3. The van der Waals surface area contributed by atoms with Crippen molar-refractivity contribution in [3.05, 3.63) is 59.9 Å². The fourth-order valence-corrected chi connectivity index (χ4v) is 4.99. The van der Waals surface area contributed by atoms with Crippen LogP contribution in [0.25, 0.3) is 0 Å². The number of methoxy groups -OCH3 is 1. The maximum absolute atomic E-state index is 13.0. The van der Waals surface area contributed by atoms with E-state index in [1.807, 2.05) is 24.3 Å². The molecular formula is C24H30FN3O5S. The van der Waals surface area contributed by atoms with Crippen LogP contribution in [-0.2, 0) is 26.2 Å². The summed E-state index contributed by atoms with van der Waals surface area (Å²) in [6.45, 7) is 0.534. The molecule has 0 spiro atoms. The summed E-state index contributed by atoms with van der Waals surface area (Å²) in [5.41, 5.74) is 0.925. The summed E-state index contributed by atoms with van der Waals surface area (Å²) >= 11 is 0. The number of benzene rings is 2. The molecule has 0 atom stereocenters. The highest BCUT2D eigenvalue weighted by atomic mass is 32.2. The van der Waals surface area contributed by atoms with E-state index in [0.717, 1.165) is 23.4 Å². The third-order valence-corrected chi connectivity index (χ3v) is 7.41. The van der Waals surface area contributed by atoms with Crippen molar-refractivity contribution in [3.63, 3.8) is 0 Å². The lowest BCUT2D eigenvalue weighted by atomic mass is 9.81. The summed E-state index contributed by atoms with van der Waals surface area (Å²) in [4.78, 5) is 24.5. The molecule has 1 aliphatic carbocycles. The van der Waals surface area contributed by atoms with Crippen LogP contribution in [0.1, 0.15) is 31.2 Å². The first-order valence-corrected chi connectivity index (χ1v) is 12.7. The predicted octanol–water partition coefficient (Wildman–Crippen LogP) is 2.35. The lowest BCUT2D eigenvalue weighted by molar-refractivity contribution is -0.129. The van der Waals surface area contributed by atoms with Crippen LogP contribution in [-0.4, -0.2) is 40.4 Å². The molecule has 2 amide bonds. The van der Waals surface area contributed by atoms with Gasteiger partial charge in [0.05, 0.1) is 18.6 Å². The molecule has 1 aliphatic rings. The number of amides is 2. The molecule has 0 radical (unpaired) electrons. The van der Waals surface area contributed by atoms with Gasteiger partial charge in [-0.2, -0.15) is 0 Å². The van der Waals surface area contributed by atoms with Crippen molar-refractivity contribution in [2.75, 3.05) is 20.2 Å². The lowest BCUT2D eigenvalue weighted by Crippen LogP contribution is -2.41. The van der Waals surface area contributed by atoms with E-state index in [1.165, 1.54) is 12.1 Å². The number of halogens is 1. The van der Waals surface area contributed by atoms with Crippen LogP contribution in [0.4, 0.5) is 4.39 Å². The smallest absolute Gasteiger partial charge is 0.240 e. The number of carbonyl (C=O) groups is 2. The Morgan fingerprint density at radius 1 is 0.971 bits per heavy atom. The molecule has 3 N–H and O–H groups in total. The molecule has 0 aliphatic heterocycles. The molecule has 8 nitrogen and oxygen atoms in total. The molecular weight excluding hydrogens is 461 g/mol. The number of ether oxygens (including phenoxy) is 1. The highest BCUT2D eigenvalue weighted by molar-refractivity contribution is 7.89. The van der Waals surface area contributed by atoms with E-state index < -0.39 is 15.8 Å². The summed E-state index contributed by atoms with van der Waals surface area (Å²) in [6, 6.07) is 12.0. The van der Waals surface area contributed by atoms with Crippen molar-refractivity contribution in [2.24, 2.45) is 11.8 Å². The third-order valence-electron chi connectivity index (χ3n) is 5.98. The summed E-state index contributed by atoms with van der Waals surface area (Å²) < 4.78 is 45.4. The van der Waals surface area contributed by atoms with Gasteiger partial charge in [0.25, 0.3) is 0 Å². The van der Waals surface area contributed by atoms with Gasteiger partial charge in [0.2, 0.25) is 21.8 Å². The monoisotopic (exact) mass is 491 g/mol. The number of carbonyl (C=O) groups excluding carboxylic acids is 2. The van der Waals surface area contributed by atoms with E-state index in [9.17, 15) is 22.4 Å². The van der Waals surface area contributed by atoms with Gasteiger partial charge in [-0.05, 0) is 73.6 Å². The van der Waals surface area contributed by atoms with E-state index in [1.54, 1.807) is 7.11 Å². The molecule has 10 heteroatoms. The highest BCUT2D eigenvalue weighted by Crippen LogP contribution is 2.28. The van der Waals surface area contributed by atoms with Gasteiger partial charge >= 0.3 is 0 Å². The largest absolute Gasteiger partial charge is 0.497 e. The molecule has 0 bridgehead atoms. The van der Waals surface area contributed by atoms with Gasteiger partial charge in [0, 0.05) is 19.0 Å². The average molecular weight is 492 g/mol. The SMILES string of the molecule is COc1ccc(CNC(=O)CNC(=O)C2CCC(CNS(=O)(=O)c3ccc(F)cc3)CC2)cc1. The topological polar surface area (TPSA) is 114 Å². The Bertz CT molecular complexity index is 1070. The van der Waals surface area contributed by atoms with Crippen molar-refractivity contribution in [1.29, 1.82) is 0 Å². The fraction of sp³-hybridized carbons (Fsp3) is 0.417. The summed E-state index contributed by atoms with van der Waals surface area (Å²) in [5, 5.41) is 5.46. The van der Waals surface area contributed by atoms with Gasteiger partial charge in [-0.15, -0.1) is 0 Å². The Morgan fingerprint density at radius 2 is 1.62 bits per heavy atom. The lowest BCUT2D eigenvalue weighted by Gasteiger charge is -2.27. The van der Waals surface area contributed by atoms with Crippen molar-refractivity contribution in [3.8, 4) is 5.75 Å². The first kappa shape index (κ1) is 25.6. The van der Waals surface area contributed by atoms with Crippen LogP contribution in [0.15, 0.2) is 53.4 Å². The van der Waals surface area contributed by atoms with Gasteiger partial charge in [-0.3, -0.25) is 9.59 Å². The van der Waals surface area contributed by atoms with E-state index in [2.05, 4.69) is 15.4 Å². The highest BCUT2D eigenvalue weighted by Gasteiger charge is 2.27. The Morgan fingerprint density at radius 3 is 2.24 bits per heavy atom. The van der Waals surface area contributed by atoms with Gasteiger partial charge in [0.15, 0.2) is 0 Å². The average Bonchev–Trinajstić information content (AvgIpc) is 2.85. The van der Waals surface area contributed by atoms with Gasteiger partial charge in [-0.25, -0.2) is 17.5 Å². The van der Waals surface area contributed by atoms with Crippen LogP contribution in [0.3, 0.4) is 0 Å². The van der Waals surface area contributed by atoms with Gasteiger partial charge < -0.3 is 15.4 Å². The van der Waals surface area contributed by atoms with Crippen LogP contribution in [0, 0.1) is 17.7 Å². The zero-order valence-corrected chi connectivity index (χ0v) is 19.9. The molecule has 0 aromatic heterocycles. The normalized spacial score (nSPS) is 18.2. The van der Waals surface area contributed by atoms with Crippen molar-refractivity contribution < 1.29 is 27.1 Å². The summed E-state index contributed by atoms with van der Waals surface area (Å²) in [6.07, 6.45) is 2.66. The number of hydrogen-bond donors (Lipinski definition) is 3. The Labute approximate surface area is 199 Å². The minimum absolute atomic E-state index is 0.0206. The maximum Gasteiger partial charge on any atom is 0.240 e. The second-order valence-corrected chi connectivity index (χ2v) is 10.1. The maximum atomic E-state index is 13.0. The quantitative estimate of drug-likeness (QED) is 0.472. The summed E-state index contributed by atoms with van der Waals surface area (Å²) in [5.74, 6) is -0.267. The van der Waals surface area contributed by atoms with E-state index in [4.69, 9.17) is 4.74 Å². The molecule has 34 heavy (non-hydrogen) atoms. The fourth-order valence-electron chi connectivity index (χ4n) is 3.87. The second kappa shape index (κ2) is 11.9. The second-order valence-electron chi connectivity index (χ2n) is 8.37. The van der Waals surface area contributed by atoms with Crippen LogP contribution < -0.4 is 20.1 Å². The predicted molar refractivity (Wildman–Crippen MR) is 125 cm³/mol. The molecule has 0 unspecified atom stereocenters. The number of hydrogen-bond acceptors (Lipinski definition) is 5. The molecule has 2 aromatic rings. The minimum Gasteiger partial charge on any atom is -0.497 e. The minimum atomic E-state index is -3.70. The molecule has 0 heterocycles. The van der Waals surface area contributed by atoms with E-state index >= 15 is 0 Å². The van der Waals surface area contributed by atoms with Crippen molar-refractivity contribution in [1.82, 2.24) is 15.4 Å². The van der Waals surface area contributed by atoms with Crippen LogP contribution in [0.5, 0.6) is 5.75 Å². The van der Waals surface area contributed by atoms with E-state index in [0.29, 0.717) is 32.2 Å². The molecule has 1 saturated carbocycles. The van der Waals surface area contributed by atoms with Crippen molar-refractivity contribution >= 4 is 21.8 Å². The van der Waals surface area contributed by atoms with Crippen LogP contribution in [0.2, 0.25) is 0 Å². The molecule has 184 valence electrons. The third kappa shape index (κ3) is 7.53. The molecule has 0 saturated heterocycles. The number of sulfonamides is 1. The van der Waals surface area contributed by atoms with Gasteiger partial charge in [-0.1, -0.05) is 12.1 Å². The van der Waals surface area contributed by atoms with Crippen molar-refractivity contribution in [2.45, 2.75) is 37.1 Å². The zero-order chi connectivity index (χ0) is 24.6. The zero-order valence-electron chi connectivity index (χ0n) is 19.1. The number of nitrogens with one attached hydrogen (secondary N) is 3. The molecule has 2 aromatic carbocycles. The van der Waals surface area contributed by atoms with Gasteiger partial charge in [0.1, 0.15) is 11.6 Å². The Hall–Kier alpha value is -2.98.